The van der Waals surface area contributed by atoms with Crippen molar-refractivity contribution >= 4 is 11.8 Å². The summed E-state index contributed by atoms with van der Waals surface area (Å²) in [7, 11) is 2.01. The molecule has 1 heterocycles. The van der Waals surface area contributed by atoms with E-state index in [1.165, 1.54) is 19.3 Å². The highest BCUT2D eigenvalue weighted by atomic mass is 32.2. The maximum Gasteiger partial charge on any atom is 0.190 e. The van der Waals surface area contributed by atoms with Gasteiger partial charge in [-0.25, -0.2) is 0 Å². The molecule has 2 atom stereocenters. The first-order chi connectivity index (χ1) is 8.70. The molecule has 2 rings (SSSR count). The van der Waals surface area contributed by atoms with Crippen LogP contribution in [0.25, 0.3) is 0 Å². The first-order valence-electron chi connectivity index (χ1n) is 6.67. The first-order valence-corrected chi connectivity index (χ1v) is 7.66. The van der Waals surface area contributed by atoms with Gasteiger partial charge in [-0.2, -0.15) is 0 Å². The number of hydrogen-bond acceptors (Lipinski definition) is 5. The molecule has 0 bridgehead atoms. The van der Waals surface area contributed by atoms with E-state index in [0.717, 1.165) is 35.5 Å². The van der Waals surface area contributed by atoms with Gasteiger partial charge in [0.05, 0.1) is 0 Å². The number of thioether (sulfide) groups is 1. The summed E-state index contributed by atoms with van der Waals surface area (Å²) in [5.41, 5.74) is 11.6. The van der Waals surface area contributed by atoms with Crippen molar-refractivity contribution in [1.82, 2.24) is 14.8 Å². The predicted molar refractivity (Wildman–Crippen MR) is 74.4 cm³/mol. The Balaban J connectivity index is 1.86. The number of nitrogens with two attached hydrogens (primary N) is 2. The molecule has 0 aliphatic heterocycles. The SMILES string of the molecule is Cn1c(CCN)nnc1SC[C@@H]1CCC[C@H](N)C1. The van der Waals surface area contributed by atoms with Crippen molar-refractivity contribution in [3.8, 4) is 0 Å². The fourth-order valence-electron chi connectivity index (χ4n) is 2.49. The molecule has 1 aromatic rings. The van der Waals surface area contributed by atoms with Crippen LogP contribution in [0.5, 0.6) is 0 Å². The Labute approximate surface area is 113 Å². The lowest BCUT2D eigenvalue weighted by atomic mass is 9.87. The molecule has 1 fully saturated rings. The third kappa shape index (κ3) is 3.46. The van der Waals surface area contributed by atoms with Gasteiger partial charge in [0.25, 0.3) is 0 Å². The Morgan fingerprint density at radius 3 is 2.94 bits per heavy atom. The molecule has 0 amide bonds. The van der Waals surface area contributed by atoms with E-state index in [-0.39, 0.29) is 0 Å². The fourth-order valence-corrected chi connectivity index (χ4v) is 3.58. The Morgan fingerprint density at radius 2 is 2.22 bits per heavy atom. The molecular formula is C12H23N5S. The van der Waals surface area contributed by atoms with Gasteiger partial charge < -0.3 is 16.0 Å². The van der Waals surface area contributed by atoms with Crippen molar-refractivity contribution in [1.29, 1.82) is 0 Å². The maximum absolute atomic E-state index is 6.01. The summed E-state index contributed by atoms with van der Waals surface area (Å²) in [6.45, 7) is 0.619. The van der Waals surface area contributed by atoms with Crippen molar-refractivity contribution in [2.45, 2.75) is 43.3 Å². The number of hydrogen-bond donors (Lipinski definition) is 2. The van der Waals surface area contributed by atoms with Gasteiger partial charge in [-0.1, -0.05) is 18.2 Å². The zero-order valence-electron chi connectivity index (χ0n) is 11.0. The summed E-state index contributed by atoms with van der Waals surface area (Å²) in [6, 6.07) is 0.400. The average Bonchev–Trinajstić information content (AvgIpc) is 2.69. The third-order valence-electron chi connectivity index (χ3n) is 3.56. The topological polar surface area (TPSA) is 82.8 Å². The van der Waals surface area contributed by atoms with E-state index >= 15 is 0 Å². The zero-order chi connectivity index (χ0) is 13.0. The van der Waals surface area contributed by atoms with Gasteiger partial charge in [-0.05, 0) is 31.7 Å². The van der Waals surface area contributed by atoms with E-state index in [1.807, 2.05) is 7.05 Å². The van der Waals surface area contributed by atoms with Gasteiger partial charge in [0, 0.05) is 25.3 Å². The largest absolute Gasteiger partial charge is 0.330 e. The fraction of sp³-hybridized carbons (Fsp3) is 0.833. The second kappa shape index (κ2) is 6.54. The Morgan fingerprint density at radius 1 is 1.39 bits per heavy atom. The summed E-state index contributed by atoms with van der Waals surface area (Å²) >= 11 is 1.80. The summed E-state index contributed by atoms with van der Waals surface area (Å²) in [6.07, 6.45) is 5.70. The molecule has 0 unspecified atom stereocenters. The van der Waals surface area contributed by atoms with Crippen LogP contribution in [0.4, 0.5) is 0 Å². The number of rotatable bonds is 5. The second-order valence-corrected chi connectivity index (χ2v) is 6.09. The molecule has 6 heteroatoms. The standard InChI is InChI=1S/C12H23N5S/c1-17-11(5-6-13)15-16-12(17)18-8-9-3-2-4-10(14)7-9/h9-10H,2-8,13-14H2,1H3/t9-,10+/m1/s1. The molecule has 5 nitrogen and oxygen atoms in total. The highest BCUT2D eigenvalue weighted by molar-refractivity contribution is 7.99. The highest BCUT2D eigenvalue weighted by Crippen LogP contribution is 2.28. The molecule has 0 spiro atoms. The van der Waals surface area contributed by atoms with Crippen LogP contribution >= 0.6 is 11.8 Å². The van der Waals surface area contributed by atoms with Gasteiger partial charge in [0.2, 0.25) is 0 Å². The summed E-state index contributed by atoms with van der Waals surface area (Å²) in [5, 5.41) is 9.40. The lowest BCUT2D eigenvalue weighted by molar-refractivity contribution is 0.349. The Bertz CT molecular complexity index is 379. The molecule has 0 aromatic carbocycles. The van der Waals surface area contributed by atoms with Crippen molar-refractivity contribution < 1.29 is 0 Å². The van der Waals surface area contributed by atoms with Crippen molar-refractivity contribution in [2.75, 3.05) is 12.3 Å². The summed E-state index contributed by atoms with van der Waals surface area (Å²) in [4.78, 5) is 0. The second-order valence-electron chi connectivity index (χ2n) is 5.10. The highest BCUT2D eigenvalue weighted by Gasteiger charge is 2.20. The molecular weight excluding hydrogens is 246 g/mol. The molecule has 1 aliphatic carbocycles. The van der Waals surface area contributed by atoms with E-state index < -0.39 is 0 Å². The smallest absolute Gasteiger partial charge is 0.190 e. The van der Waals surface area contributed by atoms with Gasteiger partial charge in [-0.15, -0.1) is 10.2 Å². The Kier molecular flexibility index (Phi) is 5.03. The van der Waals surface area contributed by atoms with Crippen LogP contribution in [-0.4, -0.2) is 33.1 Å². The number of nitrogens with zero attached hydrogens (tertiary/aromatic N) is 3. The molecule has 18 heavy (non-hydrogen) atoms. The van der Waals surface area contributed by atoms with Crippen LogP contribution in [0, 0.1) is 5.92 Å². The van der Waals surface area contributed by atoms with Gasteiger partial charge >= 0.3 is 0 Å². The Hall–Kier alpha value is -0.590. The average molecular weight is 269 g/mol. The molecule has 1 aliphatic rings. The normalized spacial score (nSPS) is 24.4. The maximum atomic E-state index is 6.01. The predicted octanol–water partition coefficient (Wildman–Crippen LogP) is 0.926. The van der Waals surface area contributed by atoms with Crippen LogP contribution in [0.1, 0.15) is 31.5 Å². The van der Waals surface area contributed by atoms with E-state index in [0.29, 0.717) is 12.6 Å². The van der Waals surface area contributed by atoms with Crippen molar-refractivity contribution in [3.05, 3.63) is 5.82 Å². The molecule has 1 aromatic heterocycles. The van der Waals surface area contributed by atoms with Crippen LogP contribution in [-0.2, 0) is 13.5 Å². The van der Waals surface area contributed by atoms with Crippen LogP contribution in [0.2, 0.25) is 0 Å². The minimum absolute atomic E-state index is 0.400. The quantitative estimate of drug-likeness (QED) is 0.777. The summed E-state index contributed by atoms with van der Waals surface area (Å²) in [5.74, 6) is 2.80. The molecule has 102 valence electrons. The summed E-state index contributed by atoms with van der Waals surface area (Å²) < 4.78 is 2.06. The number of aromatic nitrogens is 3. The molecule has 1 saturated carbocycles. The van der Waals surface area contributed by atoms with Gasteiger partial charge in [0.1, 0.15) is 5.82 Å². The van der Waals surface area contributed by atoms with Crippen molar-refractivity contribution in [3.63, 3.8) is 0 Å². The van der Waals surface area contributed by atoms with Gasteiger partial charge in [-0.3, -0.25) is 0 Å². The third-order valence-corrected chi connectivity index (χ3v) is 4.82. The van der Waals surface area contributed by atoms with E-state index in [1.54, 1.807) is 11.8 Å². The van der Waals surface area contributed by atoms with E-state index in [2.05, 4.69) is 14.8 Å². The lowest BCUT2D eigenvalue weighted by Gasteiger charge is -2.25. The van der Waals surface area contributed by atoms with E-state index in [4.69, 9.17) is 11.5 Å². The minimum atomic E-state index is 0.400. The van der Waals surface area contributed by atoms with Crippen LogP contribution in [0.3, 0.4) is 0 Å². The van der Waals surface area contributed by atoms with Crippen LogP contribution < -0.4 is 11.5 Å². The zero-order valence-corrected chi connectivity index (χ0v) is 11.8. The van der Waals surface area contributed by atoms with Crippen molar-refractivity contribution in [2.24, 2.45) is 24.4 Å². The minimum Gasteiger partial charge on any atom is -0.330 e. The van der Waals surface area contributed by atoms with Gasteiger partial charge in [0.15, 0.2) is 5.16 Å². The lowest BCUT2D eigenvalue weighted by Crippen LogP contribution is -2.28. The first kappa shape index (κ1) is 13.8. The van der Waals surface area contributed by atoms with E-state index in [9.17, 15) is 0 Å². The van der Waals surface area contributed by atoms with Crippen LogP contribution in [0.15, 0.2) is 5.16 Å². The molecule has 0 radical (unpaired) electrons. The monoisotopic (exact) mass is 269 g/mol. The molecule has 4 N–H and O–H groups in total. The molecule has 0 saturated heterocycles.